The van der Waals surface area contributed by atoms with Gasteiger partial charge in [-0.2, -0.15) is 5.10 Å². The average molecular weight is 207 g/mol. The lowest BCUT2D eigenvalue weighted by Crippen LogP contribution is -2.14. The quantitative estimate of drug-likeness (QED) is 0.771. The first-order valence-electron chi connectivity index (χ1n) is 3.90. The minimum absolute atomic E-state index is 0.199. The molecule has 0 aliphatic rings. The fourth-order valence-electron chi connectivity index (χ4n) is 0.968. The molecule has 1 N–H and O–H groups in total. The summed E-state index contributed by atoms with van der Waals surface area (Å²) < 4.78 is 27.0. The van der Waals surface area contributed by atoms with E-state index in [1.807, 2.05) is 0 Å². The van der Waals surface area contributed by atoms with Crippen LogP contribution in [0.1, 0.15) is 19.2 Å². The summed E-state index contributed by atoms with van der Waals surface area (Å²) in [7, 11) is 0. The number of nitrogens with one attached hydrogen (secondary N) is 1. The third-order valence-electron chi connectivity index (χ3n) is 1.72. The van der Waals surface area contributed by atoms with Crippen molar-refractivity contribution in [1.82, 2.24) is 14.8 Å². The van der Waals surface area contributed by atoms with Gasteiger partial charge in [0.1, 0.15) is 5.82 Å². The van der Waals surface area contributed by atoms with Crippen LogP contribution in [0.25, 0.3) is 0 Å². The molecule has 0 spiro atoms. The molecular formula is C7H11F2N3S. The molecule has 0 aliphatic heterocycles. The predicted molar refractivity (Wildman–Crippen MR) is 47.4 cm³/mol. The minimum Gasteiger partial charge on any atom is -0.304 e. The Morgan fingerprint density at radius 2 is 2.23 bits per heavy atom. The van der Waals surface area contributed by atoms with E-state index in [0.717, 1.165) is 6.92 Å². The van der Waals surface area contributed by atoms with E-state index in [-0.39, 0.29) is 13.0 Å². The highest BCUT2D eigenvalue weighted by Crippen LogP contribution is 2.17. The monoisotopic (exact) mass is 207 g/mol. The van der Waals surface area contributed by atoms with E-state index >= 15 is 0 Å². The van der Waals surface area contributed by atoms with Crippen LogP contribution in [-0.4, -0.2) is 20.7 Å². The van der Waals surface area contributed by atoms with E-state index in [2.05, 4.69) is 10.2 Å². The van der Waals surface area contributed by atoms with Gasteiger partial charge in [-0.15, -0.1) is 0 Å². The fraction of sp³-hybridized carbons (Fsp3) is 0.714. The maximum atomic E-state index is 12.5. The van der Waals surface area contributed by atoms with E-state index in [1.54, 1.807) is 11.5 Å². The number of aryl methyl sites for hydroxylation is 1. The van der Waals surface area contributed by atoms with Crippen molar-refractivity contribution in [3.63, 3.8) is 0 Å². The van der Waals surface area contributed by atoms with Crippen LogP contribution in [0, 0.1) is 11.7 Å². The molecule has 0 aliphatic carbocycles. The Labute approximate surface area is 79.8 Å². The van der Waals surface area contributed by atoms with Crippen molar-refractivity contribution >= 4 is 12.2 Å². The van der Waals surface area contributed by atoms with Crippen molar-refractivity contribution in [1.29, 1.82) is 0 Å². The number of hydrogen-bond donors (Lipinski definition) is 1. The third-order valence-corrected chi connectivity index (χ3v) is 2.04. The summed E-state index contributed by atoms with van der Waals surface area (Å²) >= 11 is 4.86. The molecule has 13 heavy (non-hydrogen) atoms. The minimum atomic E-state index is -2.65. The number of rotatable bonds is 3. The molecule has 0 fully saturated rings. The van der Waals surface area contributed by atoms with E-state index in [9.17, 15) is 8.78 Å². The zero-order chi connectivity index (χ0) is 10.1. The molecule has 0 amide bonds. The van der Waals surface area contributed by atoms with Gasteiger partial charge in [0.2, 0.25) is 5.92 Å². The van der Waals surface area contributed by atoms with Gasteiger partial charge in [-0.3, -0.25) is 5.10 Å². The van der Waals surface area contributed by atoms with Gasteiger partial charge in [0, 0.05) is 13.0 Å². The lowest BCUT2D eigenvalue weighted by molar-refractivity contribution is 0.00846. The number of H-pyrrole nitrogens is 1. The van der Waals surface area contributed by atoms with Crippen molar-refractivity contribution in [2.75, 3.05) is 0 Å². The number of hydrogen-bond acceptors (Lipinski definition) is 2. The summed E-state index contributed by atoms with van der Waals surface area (Å²) in [6.07, 6.45) is -0.221. The molecule has 1 aromatic heterocycles. The molecular weight excluding hydrogens is 196 g/mol. The lowest BCUT2D eigenvalue weighted by Gasteiger charge is -2.10. The standard InChI is InChI=1S/C7H11F2N3S/c1-5-10-11-6(13)12(5)4-3-7(2,8)9/h3-4H2,1-2H3,(H,11,13). The van der Waals surface area contributed by atoms with Gasteiger partial charge in [-0.25, -0.2) is 8.78 Å². The number of alkyl halides is 2. The lowest BCUT2D eigenvalue weighted by atomic mass is 10.3. The van der Waals surface area contributed by atoms with Crippen molar-refractivity contribution in [3.8, 4) is 0 Å². The van der Waals surface area contributed by atoms with E-state index in [0.29, 0.717) is 10.6 Å². The zero-order valence-corrected chi connectivity index (χ0v) is 8.29. The van der Waals surface area contributed by atoms with Gasteiger partial charge in [0.05, 0.1) is 0 Å². The van der Waals surface area contributed by atoms with Gasteiger partial charge in [-0.05, 0) is 26.1 Å². The zero-order valence-electron chi connectivity index (χ0n) is 7.47. The second-order valence-corrected chi connectivity index (χ2v) is 3.43. The van der Waals surface area contributed by atoms with Crippen LogP contribution >= 0.6 is 12.2 Å². The summed E-state index contributed by atoms with van der Waals surface area (Å²) in [5.41, 5.74) is 0. The van der Waals surface area contributed by atoms with Crippen molar-refractivity contribution in [2.45, 2.75) is 32.7 Å². The Kier molecular flexibility index (Phi) is 2.80. The Morgan fingerprint density at radius 1 is 1.62 bits per heavy atom. The smallest absolute Gasteiger partial charge is 0.247 e. The second kappa shape index (κ2) is 3.53. The highest BCUT2D eigenvalue weighted by atomic mass is 32.1. The van der Waals surface area contributed by atoms with Gasteiger partial charge < -0.3 is 4.57 Å². The van der Waals surface area contributed by atoms with Gasteiger partial charge in [0.25, 0.3) is 0 Å². The molecule has 1 aromatic rings. The molecule has 0 radical (unpaired) electrons. The first-order chi connectivity index (χ1) is 5.90. The molecule has 0 atom stereocenters. The molecule has 0 unspecified atom stereocenters. The van der Waals surface area contributed by atoms with Crippen LogP contribution in [0.3, 0.4) is 0 Å². The van der Waals surface area contributed by atoms with Crippen LogP contribution < -0.4 is 0 Å². The molecule has 0 saturated carbocycles. The van der Waals surface area contributed by atoms with Crippen LogP contribution in [0.15, 0.2) is 0 Å². The number of aromatic amines is 1. The first kappa shape index (κ1) is 10.3. The van der Waals surface area contributed by atoms with Gasteiger partial charge in [0.15, 0.2) is 4.77 Å². The van der Waals surface area contributed by atoms with Crippen molar-refractivity contribution in [3.05, 3.63) is 10.6 Å². The Morgan fingerprint density at radius 3 is 2.62 bits per heavy atom. The molecule has 6 heteroatoms. The summed E-state index contributed by atoms with van der Waals surface area (Å²) in [6, 6.07) is 0. The number of nitrogens with zero attached hydrogens (tertiary/aromatic N) is 2. The fourth-order valence-corrected chi connectivity index (χ4v) is 1.24. The third kappa shape index (κ3) is 2.87. The molecule has 74 valence electrons. The molecule has 3 nitrogen and oxygen atoms in total. The summed E-state index contributed by atoms with van der Waals surface area (Å²) in [5.74, 6) is -2.02. The van der Waals surface area contributed by atoms with Crippen LogP contribution in [0.2, 0.25) is 0 Å². The first-order valence-corrected chi connectivity index (χ1v) is 4.30. The van der Waals surface area contributed by atoms with Crippen LogP contribution in [0.5, 0.6) is 0 Å². The van der Waals surface area contributed by atoms with Crippen LogP contribution in [0.4, 0.5) is 8.78 Å². The highest BCUT2D eigenvalue weighted by Gasteiger charge is 2.21. The maximum Gasteiger partial charge on any atom is 0.247 e. The summed E-state index contributed by atoms with van der Waals surface area (Å²) in [5, 5.41) is 6.36. The largest absolute Gasteiger partial charge is 0.304 e. The van der Waals surface area contributed by atoms with E-state index in [1.165, 1.54) is 0 Å². The Hall–Kier alpha value is -0.780. The van der Waals surface area contributed by atoms with E-state index in [4.69, 9.17) is 12.2 Å². The summed E-state index contributed by atoms with van der Waals surface area (Å²) in [4.78, 5) is 0. The average Bonchev–Trinajstić information content (AvgIpc) is 2.27. The van der Waals surface area contributed by atoms with Gasteiger partial charge >= 0.3 is 0 Å². The SMILES string of the molecule is Cc1n[nH]c(=S)n1CCC(C)(F)F. The molecule has 0 aromatic carbocycles. The molecule has 1 heterocycles. The Bertz CT molecular complexity index is 336. The summed E-state index contributed by atoms with van der Waals surface area (Å²) in [6.45, 7) is 2.82. The molecule has 0 saturated heterocycles. The molecule has 0 bridgehead atoms. The van der Waals surface area contributed by atoms with Crippen LogP contribution in [-0.2, 0) is 6.54 Å². The Balaban J connectivity index is 2.70. The number of aromatic nitrogens is 3. The number of halogens is 2. The van der Waals surface area contributed by atoms with E-state index < -0.39 is 5.92 Å². The normalized spacial score (nSPS) is 12.0. The van der Waals surface area contributed by atoms with Crippen molar-refractivity contribution < 1.29 is 8.78 Å². The molecule has 1 rings (SSSR count). The topological polar surface area (TPSA) is 33.6 Å². The highest BCUT2D eigenvalue weighted by molar-refractivity contribution is 7.71. The predicted octanol–water partition coefficient (Wildman–Crippen LogP) is 2.29. The maximum absolute atomic E-state index is 12.5. The van der Waals surface area contributed by atoms with Gasteiger partial charge in [-0.1, -0.05) is 0 Å². The van der Waals surface area contributed by atoms with Crippen molar-refractivity contribution in [2.24, 2.45) is 0 Å². The second-order valence-electron chi connectivity index (χ2n) is 3.05.